The summed E-state index contributed by atoms with van der Waals surface area (Å²) in [5.41, 5.74) is 0.229. The third kappa shape index (κ3) is 6.29. The molecule has 30 heavy (non-hydrogen) atoms. The van der Waals surface area contributed by atoms with Gasteiger partial charge in [-0.1, -0.05) is 88.1 Å². The minimum Gasteiger partial charge on any atom is -0.389 e. The van der Waals surface area contributed by atoms with Crippen molar-refractivity contribution < 1.29 is 19.4 Å². The van der Waals surface area contributed by atoms with Crippen LogP contribution in [0.5, 0.6) is 0 Å². The number of ether oxygens (including phenoxy) is 1. The number of β-amino-alcohol motifs (C(OH)–C–C–N with tert-alkyl or cyclic N) is 1. The lowest BCUT2D eigenvalue weighted by Crippen LogP contribution is -2.47. The van der Waals surface area contributed by atoms with Crippen molar-refractivity contribution in [3.05, 3.63) is 35.9 Å². The number of aliphatic hydroxyl groups is 1. The predicted molar refractivity (Wildman–Crippen MR) is 116 cm³/mol. The van der Waals surface area contributed by atoms with Crippen molar-refractivity contribution in [2.75, 3.05) is 13.2 Å². The van der Waals surface area contributed by atoms with Crippen molar-refractivity contribution >= 4 is 11.9 Å². The molecule has 1 spiro atoms. The van der Waals surface area contributed by atoms with Crippen LogP contribution in [0, 0.1) is 0 Å². The number of nitrogens with one attached hydrogen (secondary N) is 1. The van der Waals surface area contributed by atoms with Crippen molar-refractivity contribution in [2.24, 2.45) is 0 Å². The van der Waals surface area contributed by atoms with Crippen LogP contribution in [0.4, 0.5) is 4.79 Å². The van der Waals surface area contributed by atoms with Crippen molar-refractivity contribution in [2.45, 2.75) is 88.9 Å². The number of urea groups is 1. The van der Waals surface area contributed by atoms with Gasteiger partial charge in [-0.3, -0.25) is 9.69 Å². The third-order valence-electron chi connectivity index (χ3n) is 6.27. The molecule has 3 amide bonds. The van der Waals surface area contributed by atoms with Crippen LogP contribution in [-0.4, -0.2) is 46.7 Å². The van der Waals surface area contributed by atoms with Crippen LogP contribution in [0.1, 0.15) is 76.2 Å². The molecule has 0 unspecified atom stereocenters. The first-order valence-electron chi connectivity index (χ1n) is 11.5. The quantitative estimate of drug-likeness (QED) is 0.683. The summed E-state index contributed by atoms with van der Waals surface area (Å²) in [6, 6.07) is 9.34. The highest BCUT2D eigenvalue weighted by atomic mass is 16.5. The zero-order chi connectivity index (χ0) is 21.2. The zero-order valence-electron chi connectivity index (χ0n) is 18.0. The molecule has 6 heteroatoms. The van der Waals surface area contributed by atoms with Crippen LogP contribution >= 0.6 is 0 Å². The molecule has 166 valence electrons. The Bertz CT molecular complexity index is 667. The average Bonchev–Trinajstić information content (AvgIpc) is 2.96. The van der Waals surface area contributed by atoms with Crippen molar-refractivity contribution in [1.29, 1.82) is 0 Å². The van der Waals surface area contributed by atoms with Gasteiger partial charge in [0.15, 0.2) is 0 Å². The monoisotopic (exact) mass is 416 g/mol. The van der Waals surface area contributed by atoms with Gasteiger partial charge in [-0.25, -0.2) is 4.79 Å². The smallest absolute Gasteiger partial charge is 0.325 e. The highest BCUT2D eigenvalue weighted by Gasteiger charge is 2.50. The number of benzene rings is 1. The molecule has 1 aromatic carbocycles. The molecule has 1 heterocycles. The SMILES string of the molecule is O=C1NC2(CCCCCCCCCCC2)C(=O)N1C[C@@H](O)COCc1ccccc1. The number of imide groups is 1. The van der Waals surface area contributed by atoms with Gasteiger partial charge in [0.25, 0.3) is 5.91 Å². The van der Waals surface area contributed by atoms with E-state index in [4.69, 9.17) is 4.74 Å². The second kappa shape index (κ2) is 11.5. The Balaban J connectivity index is 1.53. The Morgan fingerprint density at radius 2 is 1.50 bits per heavy atom. The number of hydrogen-bond donors (Lipinski definition) is 2. The largest absolute Gasteiger partial charge is 0.389 e. The number of carbonyl (C=O) groups is 2. The Hall–Kier alpha value is -1.92. The minimum absolute atomic E-state index is 0.0266. The first-order chi connectivity index (χ1) is 14.6. The van der Waals surface area contributed by atoms with Crippen LogP contribution in [0.25, 0.3) is 0 Å². The number of amides is 3. The summed E-state index contributed by atoms with van der Waals surface area (Å²) in [4.78, 5) is 27.0. The van der Waals surface area contributed by atoms with Gasteiger partial charge in [0.2, 0.25) is 0 Å². The van der Waals surface area contributed by atoms with E-state index < -0.39 is 11.6 Å². The molecule has 1 aromatic rings. The second-order valence-corrected chi connectivity index (χ2v) is 8.76. The molecular formula is C24H36N2O4. The zero-order valence-corrected chi connectivity index (χ0v) is 18.0. The molecule has 0 bridgehead atoms. The Labute approximate surface area is 180 Å². The van der Waals surface area contributed by atoms with Gasteiger partial charge in [-0.05, 0) is 18.4 Å². The van der Waals surface area contributed by atoms with Crippen LogP contribution < -0.4 is 5.32 Å². The van der Waals surface area contributed by atoms with E-state index in [1.54, 1.807) is 0 Å². The number of aliphatic hydroxyl groups excluding tert-OH is 1. The first kappa shape index (κ1) is 22.8. The standard InChI is InChI=1S/C24H36N2O4/c27-21(19-30-18-20-13-9-8-10-14-20)17-26-22(28)24(25-23(26)29)15-11-6-4-2-1-3-5-7-12-16-24/h8-10,13-14,21,27H,1-7,11-12,15-19H2,(H,25,29)/t21-/m1/s1. The molecule has 2 N–H and O–H groups in total. The molecule has 2 aliphatic rings. The third-order valence-corrected chi connectivity index (χ3v) is 6.27. The summed E-state index contributed by atoms with van der Waals surface area (Å²) < 4.78 is 5.57. The molecule has 0 aromatic heterocycles. The highest BCUT2D eigenvalue weighted by Crippen LogP contribution is 2.31. The maximum Gasteiger partial charge on any atom is 0.325 e. The summed E-state index contributed by atoms with van der Waals surface area (Å²) >= 11 is 0. The van der Waals surface area contributed by atoms with Crippen LogP contribution in [-0.2, 0) is 16.1 Å². The molecule has 0 radical (unpaired) electrons. The van der Waals surface area contributed by atoms with Gasteiger partial charge >= 0.3 is 6.03 Å². The van der Waals surface area contributed by atoms with E-state index in [1.165, 1.54) is 37.0 Å². The van der Waals surface area contributed by atoms with Crippen LogP contribution in [0.15, 0.2) is 30.3 Å². The Kier molecular flexibility index (Phi) is 8.70. The van der Waals surface area contributed by atoms with Gasteiger partial charge in [-0.15, -0.1) is 0 Å². The van der Waals surface area contributed by atoms with E-state index in [2.05, 4.69) is 5.32 Å². The molecule has 2 fully saturated rings. The van der Waals surface area contributed by atoms with Gasteiger partial charge in [0.1, 0.15) is 5.54 Å². The van der Waals surface area contributed by atoms with E-state index in [9.17, 15) is 14.7 Å². The van der Waals surface area contributed by atoms with Crippen LogP contribution in [0.2, 0.25) is 0 Å². The fourth-order valence-electron chi connectivity index (χ4n) is 4.55. The van der Waals surface area contributed by atoms with E-state index in [-0.39, 0.29) is 25.1 Å². The molecule has 1 atom stereocenters. The molecule has 1 aliphatic heterocycles. The van der Waals surface area contributed by atoms with E-state index in [0.717, 1.165) is 31.2 Å². The molecule has 6 nitrogen and oxygen atoms in total. The van der Waals surface area contributed by atoms with Gasteiger partial charge < -0.3 is 15.2 Å². The lowest BCUT2D eigenvalue weighted by atomic mass is 9.85. The van der Waals surface area contributed by atoms with Crippen molar-refractivity contribution in [3.63, 3.8) is 0 Å². The van der Waals surface area contributed by atoms with Gasteiger partial charge in [0.05, 0.1) is 25.9 Å². The number of carbonyl (C=O) groups excluding carboxylic acids is 2. The van der Waals surface area contributed by atoms with Crippen molar-refractivity contribution in [3.8, 4) is 0 Å². The summed E-state index contributed by atoms with van der Waals surface area (Å²) in [6.45, 7) is 0.447. The number of hydrogen-bond acceptors (Lipinski definition) is 4. The van der Waals surface area contributed by atoms with Crippen molar-refractivity contribution in [1.82, 2.24) is 10.2 Å². The molecule has 1 saturated heterocycles. The van der Waals surface area contributed by atoms with Crippen LogP contribution in [0.3, 0.4) is 0 Å². The van der Waals surface area contributed by atoms with E-state index >= 15 is 0 Å². The molecule has 1 saturated carbocycles. The number of rotatable bonds is 6. The van der Waals surface area contributed by atoms with Gasteiger partial charge in [-0.2, -0.15) is 0 Å². The van der Waals surface area contributed by atoms with E-state index in [1.807, 2.05) is 30.3 Å². The normalized spacial score (nSPS) is 21.7. The predicted octanol–water partition coefficient (Wildman–Crippen LogP) is 4.16. The maximum atomic E-state index is 13.2. The molecular weight excluding hydrogens is 380 g/mol. The van der Waals surface area contributed by atoms with E-state index in [0.29, 0.717) is 19.4 Å². The number of nitrogens with zero attached hydrogens (tertiary/aromatic N) is 1. The second-order valence-electron chi connectivity index (χ2n) is 8.76. The minimum atomic E-state index is -0.898. The Morgan fingerprint density at radius 3 is 2.10 bits per heavy atom. The summed E-state index contributed by atoms with van der Waals surface area (Å²) in [6.07, 6.45) is 10.8. The summed E-state index contributed by atoms with van der Waals surface area (Å²) in [7, 11) is 0. The first-order valence-corrected chi connectivity index (χ1v) is 11.5. The average molecular weight is 417 g/mol. The Morgan fingerprint density at radius 1 is 0.933 bits per heavy atom. The maximum absolute atomic E-state index is 13.2. The topological polar surface area (TPSA) is 78.9 Å². The fraction of sp³-hybridized carbons (Fsp3) is 0.667. The summed E-state index contributed by atoms with van der Waals surface area (Å²) in [5, 5.41) is 13.4. The molecule has 1 aliphatic carbocycles. The lowest BCUT2D eigenvalue weighted by molar-refractivity contribution is -0.133. The summed E-state index contributed by atoms with van der Waals surface area (Å²) in [5.74, 6) is -0.174. The fourth-order valence-corrected chi connectivity index (χ4v) is 4.55. The van der Waals surface area contributed by atoms with Gasteiger partial charge in [0, 0.05) is 0 Å². The molecule has 3 rings (SSSR count). The lowest BCUT2D eigenvalue weighted by Gasteiger charge is -2.27. The highest BCUT2D eigenvalue weighted by molar-refractivity contribution is 6.07.